The highest BCUT2D eigenvalue weighted by Crippen LogP contribution is 2.19. The molecular weight excluding hydrogens is 176 g/mol. The minimum Gasteiger partial charge on any atom is -0.377 e. The second-order valence-electron chi connectivity index (χ2n) is 4.55. The summed E-state index contributed by atoms with van der Waals surface area (Å²) in [6, 6.07) is 0.607. The van der Waals surface area contributed by atoms with E-state index in [2.05, 4.69) is 25.8 Å². The summed E-state index contributed by atoms with van der Waals surface area (Å²) in [6.07, 6.45) is 2.68. The van der Waals surface area contributed by atoms with Gasteiger partial charge in [0, 0.05) is 19.2 Å². The number of hydrogen-bond acceptors (Lipinski definition) is 3. The van der Waals surface area contributed by atoms with Crippen molar-refractivity contribution >= 4 is 0 Å². The van der Waals surface area contributed by atoms with E-state index in [0.717, 1.165) is 26.1 Å². The SMILES string of the molecule is CC(CCN)CN(C)C1CCOC1C. The molecule has 0 amide bonds. The fraction of sp³-hybridized carbons (Fsp3) is 1.00. The Morgan fingerprint density at radius 3 is 2.79 bits per heavy atom. The Labute approximate surface area is 87.6 Å². The van der Waals surface area contributed by atoms with Crippen molar-refractivity contribution in [2.75, 3.05) is 26.7 Å². The Bertz CT molecular complexity index is 163. The van der Waals surface area contributed by atoms with Gasteiger partial charge in [-0.2, -0.15) is 0 Å². The zero-order chi connectivity index (χ0) is 10.6. The van der Waals surface area contributed by atoms with Gasteiger partial charge >= 0.3 is 0 Å². The number of likely N-dealkylation sites (N-methyl/N-ethyl adjacent to an activating group) is 1. The van der Waals surface area contributed by atoms with Crippen LogP contribution in [0.5, 0.6) is 0 Å². The molecule has 2 N–H and O–H groups in total. The third-order valence-electron chi connectivity index (χ3n) is 3.16. The first kappa shape index (κ1) is 12.0. The fourth-order valence-corrected chi connectivity index (χ4v) is 2.30. The van der Waals surface area contributed by atoms with E-state index in [1.54, 1.807) is 0 Å². The molecule has 1 rings (SSSR count). The lowest BCUT2D eigenvalue weighted by Gasteiger charge is -2.28. The third-order valence-corrected chi connectivity index (χ3v) is 3.16. The first-order valence-electron chi connectivity index (χ1n) is 5.67. The van der Waals surface area contributed by atoms with Crippen LogP contribution in [0.2, 0.25) is 0 Å². The zero-order valence-corrected chi connectivity index (χ0v) is 9.70. The van der Waals surface area contributed by atoms with Crippen LogP contribution in [-0.2, 0) is 4.74 Å². The van der Waals surface area contributed by atoms with Crippen LogP contribution in [0.4, 0.5) is 0 Å². The Balaban J connectivity index is 2.29. The van der Waals surface area contributed by atoms with Gasteiger partial charge in [-0.1, -0.05) is 6.92 Å². The highest BCUT2D eigenvalue weighted by Gasteiger charge is 2.28. The van der Waals surface area contributed by atoms with Crippen molar-refractivity contribution in [3.63, 3.8) is 0 Å². The Morgan fingerprint density at radius 1 is 1.57 bits per heavy atom. The molecule has 3 nitrogen and oxygen atoms in total. The van der Waals surface area contributed by atoms with Gasteiger partial charge in [0.1, 0.15) is 0 Å². The average Bonchev–Trinajstić information content (AvgIpc) is 2.51. The lowest BCUT2D eigenvalue weighted by atomic mass is 10.0. The van der Waals surface area contributed by atoms with E-state index in [-0.39, 0.29) is 0 Å². The van der Waals surface area contributed by atoms with Crippen molar-refractivity contribution in [3.8, 4) is 0 Å². The second kappa shape index (κ2) is 5.69. The first-order valence-corrected chi connectivity index (χ1v) is 5.67. The van der Waals surface area contributed by atoms with E-state index in [1.165, 1.54) is 6.42 Å². The van der Waals surface area contributed by atoms with Gasteiger partial charge in [0.25, 0.3) is 0 Å². The molecule has 0 saturated carbocycles. The second-order valence-corrected chi connectivity index (χ2v) is 4.55. The van der Waals surface area contributed by atoms with Gasteiger partial charge < -0.3 is 15.4 Å². The highest BCUT2D eigenvalue weighted by atomic mass is 16.5. The van der Waals surface area contributed by atoms with Crippen LogP contribution in [0.1, 0.15) is 26.7 Å². The first-order chi connectivity index (χ1) is 6.65. The van der Waals surface area contributed by atoms with E-state index >= 15 is 0 Å². The normalized spacial score (nSPS) is 29.8. The molecule has 0 aliphatic carbocycles. The van der Waals surface area contributed by atoms with Gasteiger partial charge in [-0.25, -0.2) is 0 Å². The quantitative estimate of drug-likeness (QED) is 0.722. The van der Waals surface area contributed by atoms with Crippen LogP contribution >= 0.6 is 0 Å². The van der Waals surface area contributed by atoms with Crippen molar-refractivity contribution < 1.29 is 4.74 Å². The van der Waals surface area contributed by atoms with Crippen LogP contribution in [-0.4, -0.2) is 43.8 Å². The molecule has 3 unspecified atom stereocenters. The van der Waals surface area contributed by atoms with E-state index in [4.69, 9.17) is 10.5 Å². The lowest BCUT2D eigenvalue weighted by molar-refractivity contribution is 0.0788. The number of ether oxygens (including phenoxy) is 1. The van der Waals surface area contributed by atoms with Crippen LogP contribution in [0.3, 0.4) is 0 Å². The summed E-state index contributed by atoms with van der Waals surface area (Å²) in [6.45, 7) is 7.29. The molecule has 1 aliphatic rings. The summed E-state index contributed by atoms with van der Waals surface area (Å²) in [7, 11) is 2.20. The number of hydrogen-bond donors (Lipinski definition) is 1. The van der Waals surface area contributed by atoms with Crippen molar-refractivity contribution in [2.24, 2.45) is 11.7 Å². The maximum absolute atomic E-state index is 5.56. The third kappa shape index (κ3) is 3.23. The summed E-state index contributed by atoms with van der Waals surface area (Å²) in [5, 5.41) is 0. The molecule has 14 heavy (non-hydrogen) atoms. The van der Waals surface area contributed by atoms with Crippen LogP contribution in [0.25, 0.3) is 0 Å². The van der Waals surface area contributed by atoms with Crippen molar-refractivity contribution in [2.45, 2.75) is 38.8 Å². The summed E-state index contributed by atoms with van der Waals surface area (Å²) < 4.78 is 5.56. The van der Waals surface area contributed by atoms with E-state index in [1.807, 2.05) is 0 Å². The number of nitrogens with zero attached hydrogens (tertiary/aromatic N) is 1. The molecule has 0 aromatic rings. The maximum Gasteiger partial charge on any atom is 0.0702 e. The van der Waals surface area contributed by atoms with E-state index in [9.17, 15) is 0 Å². The predicted molar refractivity (Wildman–Crippen MR) is 59.3 cm³/mol. The van der Waals surface area contributed by atoms with Crippen LogP contribution < -0.4 is 5.73 Å². The Morgan fingerprint density at radius 2 is 2.29 bits per heavy atom. The molecule has 0 bridgehead atoms. The molecule has 0 aromatic carbocycles. The molecule has 0 spiro atoms. The minimum absolute atomic E-state index is 0.394. The van der Waals surface area contributed by atoms with Gasteiger partial charge in [0.15, 0.2) is 0 Å². The Kier molecular flexibility index (Phi) is 4.85. The molecule has 0 aromatic heterocycles. The maximum atomic E-state index is 5.56. The summed E-state index contributed by atoms with van der Waals surface area (Å²) >= 11 is 0. The smallest absolute Gasteiger partial charge is 0.0702 e. The monoisotopic (exact) mass is 200 g/mol. The van der Waals surface area contributed by atoms with Crippen LogP contribution in [0.15, 0.2) is 0 Å². The lowest BCUT2D eigenvalue weighted by Crippen LogP contribution is -2.39. The summed E-state index contributed by atoms with van der Waals surface area (Å²) in [5.74, 6) is 0.692. The van der Waals surface area contributed by atoms with Crippen LogP contribution in [0, 0.1) is 5.92 Å². The zero-order valence-electron chi connectivity index (χ0n) is 9.70. The average molecular weight is 200 g/mol. The largest absolute Gasteiger partial charge is 0.377 e. The summed E-state index contributed by atoms with van der Waals surface area (Å²) in [4.78, 5) is 2.43. The molecule has 1 aliphatic heterocycles. The molecule has 1 fully saturated rings. The molecular formula is C11H24N2O. The predicted octanol–water partition coefficient (Wildman–Crippen LogP) is 1.08. The number of rotatable bonds is 5. The van der Waals surface area contributed by atoms with E-state index < -0.39 is 0 Å². The van der Waals surface area contributed by atoms with E-state index in [0.29, 0.717) is 18.1 Å². The molecule has 1 saturated heterocycles. The molecule has 3 heteroatoms. The standard InChI is InChI=1S/C11H24N2O/c1-9(4-6-12)8-13(3)11-5-7-14-10(11)2/h9-11H,4-8,12H2,1-3H3. The molecule has 84 valence electrons. The summed E-state index contributed by atoms with van der Waals surface area (Å²) in [5.41, 5.74) is 5.54. The van der Waals surface area contributed by atoms with Crippen molar-refractivity contribution in [3.05, 3.63) is 0 Å². The minimum atomic E-state index is 0.394. The Hall–Kier alpha value is -0.120. The van der Waals surface area contributed by atoms with Crippen molar-refractivity contribution in [1.82, 2.24) is 4.90 Å². The highest BCUT2D eigenvalue weighted by molar-refractivity contribution is 4.81. The van der Waals surface area contributed by atoms with Gasteiger partial charge in [-0.05, 0) is 39.3 Å². The van der Waals surface area contributed by atoms with Gasteiger partial charge in [0.05, 0.1) is 6.10 Å². The molecule has 0 radical (unpaired) electrons. The topological polar surface area (TPSA) is 38.5 Å². The fourth-order valence-electron chi connectivity index (χ4n) is 2.30. The van der Waals surface area contributed by atoms with Gasteiger partial charge in [-0.3, -0.25) is 0 Å². The number of nitrogens with two attached hydrogens (primary N) is 1. The molecule has 1 heterocycles. The van der Waals surface area contributed by atoms with Crippen molar-refractivity contribution in [1.29, 1.82) is 0 Å². The van der Waals surface area contributed by atoms with Gasteiger partial charge in [0.2, 0.25) is 0 Å². The molecule has 3 atom stereocenters. The van der Waals surface area contributed by atoms with Gasteiger partial charge in [-0.15, -0.1) is 0 Å².